The van der Waals surface area contributed by atoms with Crippen LogP contribution in [0.1, 0.15) is 10.4 Å². The molecule has 0 radical (unpaired) electrons. The third-order valence-electron chi connectivity index (χ3n) is 3.25. The van der Waals surface area contributed by atoms with Crippen molar-refractivity contribution < 1.29 is 18.5 Å². The van der Waals surface area contributed by atoms with Crippen LogP contribution in [0, 0.1) is 21.7 Å². The van der Waals surface area contributed by atoms with Crippen molar-refractivity contribution in [1.29, 1.82) is 0 Å². The first-order valence-corrected chi connectivity index (χ1v) is 7.79. The maximum absolute atomic E-state index is 13.6. The van der Waals surface area contributed by atoms with Gasteiger partial charge < -0.3 is 0 Å². The Morgan fingerprint density at radius 3 is 2.72 bits per heavy atom. The number of hydrogen-bond acceptors (Lipinski definition) is 5. The van der Waals surface area contributed by atoms with Gasteiger partial charge in [-0.1, -0.05) is 12.1 Å². The molecule has 126 valence electrons. The monoisotopic (exact) mass is 361 g/mol. The lowest BCUT2D eigenvalue weighted by atomic mass is 10.1. The lowest BCUT2D eigenvalue weighted by molar-refractivity contribution is -0.384. The Hall–Kier alpha value is -3.20. The van der Waals surface area contributed by atoms with Crippen LogP contribution in [0.4, 0.5) is 19.6 Å². The number of hydrogen-bond donors (Lipinski definition) is 1. The summed E-state index contributed by atoms with van der Waals surface area (Å²) in [5, 5.41) is 15.0. The summed E-state index contributed by atoms with van der Waals surface area (Å²) < 4.78 is 26.5. The smallest absolute Gasteiger partial charge is 0.270 e. The fraction of sp³-hybridized carbons (Fsp3) is 0. The fourth-order valence-corrected chi connectivity index (χ4v) is 2.80. The molecular weight excluding hydrogens is 352 g/mol. The Labute approximate surface area is 143 Å². The zero-order valence-corrected chi connectivity index (χ0v) is 13.2. The van der Waals surface area contributed by atoms with Gasteiger partial charge in [-0.3, -0.25) is 20.2 Å². The van der Waals surface area contributed by atoms with Crippen molar-refractivity contribution in [2.24, 2.45) is 0 Å². The van der Waals surface area contributed by atoms with E-state index in [1.807, 2.05) is 0 Å². The molecule has 1 heterocycles. The van der Waals surface area contributed by atoms with Crippen LogP contribution >= 0.6 is 11.3 Å². The van der Waals surface area contributed by atoms with Crippen LogP contribution < -0.4 is 5.32 Å². The van der Waals surface area contributed by atoms with Crippen LogP contribution in [0.25, 0.3) is 11.3 Å². The highest BCUT2D eigenvalue weighted by atomic mass is 32.1. The molecule has 0 spiro atoms. The molecule has 0 bridgehead atoms. The van der Waals surface area contributed by atoms with E-state index in [1.165, 1.54) is 18.2 Å². The summed E-state index contributed by atoms with van der Waals surface area (Å²) in [6.07, 6.45) is 0. The zero-order chi connectivity index (χ0) is 18.0. The van der Waals surface area contributed by atoms with Crippen LogP contribution in [-0.2, 0) is 0 Å². The molecular formula is C16H9F2N3O3S. The summed E-state index contributed by atoms with van der Waals surface area (Å²) >= 11 is 1.08. The second kappa shape index (κ2) is 6.73. The highest BCUT2D eigenvalue weighted by Crippen LogP contribution is 2.27. The quantitative estimate of drug-likeness (QED) is 0.556. The first kappa shape index (κ1) is 16.7. The van der Waals surface area contributed by atoms with Gasteiger partial charge in [-0.2, -0.15) is 0 Å². The Kier molecular flexibility index (Phi) is 4.48. The number of aromatic nitrogens is 1. The molecule has 0 unspecified atom stereocenters. The molecule has 6 nitrogen and oxygen atoms in total. The van der Waals surface area contributed by atoms with Crippen molar-refractivity contribution in [3.05, 3.63) is 75.2 Å². The van der Waals surface area contributed by atoms with Crippen LogP contribution in [0.2, 0.25) is 0 Å². The number of nitro benzene ring substituents is 1. The number of nitrogens with one attached hydrogen (secondary N) is 1. The highest BCUT2D eigenvalue weighted by Gasteiger charge is 2.15. The third kappa shape index (κ3) is 3.66. The molecule has 3 aromatic rings. The summed E-state index contributed by atoms with van der Waals surface area (Å²) in [5.41, 5.74) is 0.556. The molecule has 0 saturated carbocycles. The molecule has 0 fully saturated rings. The van der Waals surface area contributed by atoms with E-state index in [4.69, 9.17) is 0 Å². The number of carbonyl (C=O) groups excluding carboxylic acids is 1. The molecule has 1 N–H and O–H groups in total. The number of thiazole rings is 1. The van der Waals surface area contributed by atoms with E-state index in [-0.39, 0.29) is 16.4 Å². The van der Waals surface area contributed by atoms with Gasteiger partial charge >= 0.3 is 0 Å². The number of amides is 1. The van der Waals surface area contributed by atoms with Crippen LogP contribution in [0.15, 0.2) is 47.8 Å². The second-order valence-corrected chi connectivity index (χ2v) is 5.78. The summed E-state index contributed by atoms with van der Waals surface area (Å²) in [4.78, 5) is 26.5. The largest absolute Gasteiger partial charge is 0.298 e. The van der Waals surface area contributed by atoms with E-state index >= 15 is 0 Å². The van der Waals surface area contributed by atoms with Crippen molar-refractivity contribution in [3.63, 3.8) is 0 Å². The molecule has 0 atom stereocenters. The lowest BCUT2D eigenvalue weighted by Gasteiger charge is -2.03. The van der Waals surface area contributed by atoms with Gasteiger partial charge in [0.2, 0.25) is 0 Å². The molecule has 9 heteroatoms. The van der Waals surface area contributed by atoms with Gasteiger partial charge in [0.15, 0.2) is 5.13 Å². The number of halogens is 2. The predicted octanol–water partition coefficient (Wildman–Crippen LogP) is 4.25. The standard InChI is InChI=1S/C16H9F2N3O3S/c17-10-4-5-12(13(18)7-10)15(22)20-16-19-14(8-25-16)9-2-1-3-11(6-9)21(23)24/h1-8H,(H,19,20,22). The average Bonchev–Trinajstić information content (AvgIpc) is 3.03. The summed E-state index contributed by atoms with van der Waals surface area (Å²) in [6.45, 7) is 0. The van der Waals surface area contributed by atoms with E-state index in [0.29, 0.717) is 17.3 Å². The molecule has 0 aliphatic carbocycles. The van der Waals surface area contributed by atoms with Gasteiger partial charge in [0.05, 0.1) is 16.2 Å². The number of carbonyl (C=O) groups is 1. The van der Waals surface area contributed by atoms with Gasteiger partial charge in [0.25, 0.3) is 11.6 Å². The number of rotatable bonds is 4. The second-order valence-electron chi connectivity index (χ2n) is 4.92. The number of anilines is 1. The number of nitrogens with zero attached hydrogens (tertiary/aromatic N) is 2. The van der Waals surface area contributed by atoms with Crippen molar-refractivity contribution in [2.45, 2.75) is 0 Å². The van der Waals surface area contributed by atoms with Crippen molar-refractivity contribution in [3.8, 4) is 11.3 Å². The molecule has 1 amide bonds. The maximum atomic E-state index is 13.6. The van der Waals surface area contributed by atoms with Gasteiger partial charge in [-0.25, -0.2) is 13.8 Å². The van der Waals surface area contributed by atoms with Crippen molar-refractivity contribution in [1.82, 2.24) is 4.98 Å². The fourth-order valence-electron chi connectivity index (χ4n) is 2.08. The molecule has 0 saturated heterocycles. The average molecular weight is 361 g/mol. The maximum Gasteiger partial charge on any atom is 0.270 e. The van der Waals surface area contributed by atoms with Gasteiger partial charge in [0.1, 0.15) is 11.6 Å². The predicted molar refractivity (Wildman–Crippen MR) is 88.5 cm³/mol. The molecule has 0 aliphatic rings. The minimum absolute atomic E-state index is 0.0792. The first-order valence-electron chi connectivity index (χ1n) is 6.91. The van der Waals surface area contributed by atoms with Gasteiger partial charge in [-0.05, 0) is 12.1 Å². The van der Waals surface area contributed by atoms with E-state index in [1.54, 1.807) is 11.4 Å². The van der Waals surface area contributed by atoms with E-state index in [9.17, 15) is 23.7 Å². The Balaban J connectivity index is 1.81. The minimum atomic E-state index is -0.979. The summed E-state index contributed by atoms with van der Waals surface area (Å²) in [7, 11) is 0. The lowest BCUT2D eigenvalue weighted by Crippen LogP contribution is -2.13. The number of non-ortho nitro benzene ring substituents is 1. The van der Waals surface area contributed by atoms with Crippen LogP contribution in [-0.4, -0.2) is 15.8 Å². The van der Waals surface area contributed by atoms with Gasteiger partial charge in [0, 0.05) is 29.1 Å². The number of benzene rings is 2. The first-order chi connectivity index (χ1) is 11.9. The number of nitro groups is 1. The third-order valence-corrected chi connectivity index (χ3v) is 4.01. The normalized spacial score (nSPS) is 10.5. The molecule has 2 aromatic carbocycles. The van der Waals surface area contributed by atoms with E-state index in [0.717, 1.165) is 23.5 Å². The molecule has 3 rings (SSSR count). The topological polar surface area (TPSA) is 85.1 Å². The molecule has 0 aliphatic heterocycles. The Morgan fingerprint density at radius 2 is 2.00 bits per heavy atom. The molecule has 25 heavy (non-hydrogen) atoms. The summed E-state index contributed by atoms with van der Waals surface area (Å²) in [6, 6.07) is 8.52. The van der Waals surface area contributed by atoms with Crippen LogP contribution in [0.5, 0.6) is 0 Å². The van der Waals surface area contributed by atoms with Crippen molar-refractivity contribution in [2.75, 3.05) is 5.32 Å². The minimum Gasteiger partial charge on any atom is -0.298 e. The molecule has 1 aromatic heterocycles. The Bertz CT molecular complexity index is 975. The van der Waals surface area contributed by atoms with E-state index < -0.39 is 22.5 Å². The van der Waals surface area contributed by atoms with Gasteiger partial charge in [-0.15, -0.1) is 11.3 Å². The van der Waals surface area contributed by atoms with E-state index in [2.05, 4.69) is 10.3 Å². The zero-order valence-electron chi connectivity index (χ0n) is 12.4. The SMILES string of the molecule is O=C(Nc1nc(-c2cccc([N+](=O)[O-])c2)cs1)c1ccc(F)cc1F. The highest BCUT2D eigenvalue weighted by molar-refractivity contribution is 7.14. The van der Waals surface area contributed by atoms with Crippen LogP contribution in [0.3, 0.4) is 0 Å². The van der Waals surface area contributed by atoms with Crippen molar-refractivity contribution >= 4 is 28.1 Å². The summed E-state index contributed by atoms with van der Waals surface area (Å²) in [5.74, 6) is -2.53. The Morgan fingerprint density at radius 1 is 1.20 bits per heavy atom.